The van der Waals surface area contributed by atoms with Gasteiger partial charge in [0.05, 0.1) is 12.6 Å². The zero-order chi connectivity index (χ0) is 18.2. The molecule has 0 atom stereocenters. The van der Waals surface area contributed by atoms with Gasteiger partial charge in [-0.25, -0.2) is 4.98 Å². The number of nitrogens with one attached hydrogen (secondary N) is 2. The Morgan fingerprint density at radius 3 is 2.62 bits per heavy atom. The highest BCUT2D eigenvalue weighted by Crippen LogP contribution is 2.21. The summed E-state index contributed by atoms with van der Waals surface area (Å²) in [6.45, 7) is 9.62. The number of halogens is 1. The predicted octanol–water partition coefficient (Wildman–Crippen LogP) is 4.28. The maximum absolute atomic E-state index is 5.93. The molecule has 0 aliphatic carbocycles. The Labute approximate surface area is 177 Å². The van der Waals surface area contributed by atoms with Gasteiger partial charge in [-0.15, -0.1) is 35.3 Å². The minimum absolute atomic E-state index is 0. The van der Waals surface area contributed by atoms with Crippen LogP contribution in [0.1, 0.15) is 41.8 Å². The third-order valence-electron chi connectivity index (χ3n) is 3.61. The minimum Gasteiger partial charge on any atom is -0.491 e. The second-order valence-electron chi connectivity index (χ2n) is 6.13. The number of thiazole rings is 1. The average Bonchev–Trinajstić information content (AvgIpc) is 3.04. The maximum Gasteiger partial charge on any atom is 0.191 e. The van der Waals surface area contributed by atoms with Crippen molar-refractivity contribution in [3.05, 3.63) is 45.4 Å². The summed E-state index contributed by atoms with van der Waals surface area (Å²) in [7, 11) is 1.77. The van der Waals surface area contributed by atoms with Gasteiger partial charge in [0, 0.05) is 30.2 Å². The van der Waals surface area contributed by atoms with Crippen molar-refractivity contribution < 1.29 is 4.74 Å². The molecule has 0 fully saturated rings. The monoisotopic (exact) mass is 488 g/mol. The molecule has 0 amide bonds. The van der Waals surface area contributed by atoms with Crippen molar-refractivity contribution in [2.75, 3.05) is 7.05 Å². The summed E-state index contributed by atoms with van der Waals surface area (Å²) in [5.74, 6) is 1.68. The number of rotatable bonds is 7. The number of hydrogen-bond acceptors (Lipinski definition) is 4. The van der Waals surface area contributed by atoms with Crippen LogP contribution in [0.2, 0.25) is 0 Å². The van der Waals surface area contributed by atoms with Crippen LogP contribution in [-0.2, 0) is 19.5 Å². The van der Waals surface area contributed by atoms with Gasteiger partial charge in [-0.1, -0.05) is 19.1 Å². The van der Waals surface area contributed by atoms with Gasteiger partial charge in [0.1, 0.15) is 10.8 Å². The smallest absolute Gasteiger partial charge is 0.191 e. The molecule has 2 rings (SSSR count). The van der Waals surface area contributed by atoms with Crippen LogP contribution in [0.3, 0.4) is 0 Å². The Morgan fingerprint density at radius 1 is 1.27 bits per heavy atom. The van der Waals surface area contributed by atoms with Gasteiger partial charge >= 0.3 is 0 Å². The largest absolute Gasteiger partial charge is 0.491 e. The summed E-state index contributed by atoms with van der Waals surface area (Å²) in [5.41, 5.74) is 2.31. The highest BCUT2D eigenvalue weighted by Gasteiger charge is 2.08. The van der Waals surface area contributed by atoms with Gasteiger partial charge < -0.3 is 15.4 Å². The molecular weight excluding hydrogens is 459 g/mol. The molecule has 0 unspecified atom stereocenters. The lowest BCUT2D eigenvalue weighted by Gasteiger charge is -2.17. The predicted molar refractivity (Wildman–Crippen MR) is 121 cm³/mol. The van der Waals surface area contributed by atoms with Crippen LogP contribution in [-0.4, -0.2) is 24.1 Å². The number of benzene rings is 1. The second kappa shape index (κ2) is 11.4. The van der Waals surface area contributed by atoms with E-state index in [0.717, 1.165) is 28.7 Å². The third-order valence-corrected chi connectivity index (χ3v) is 4.75. The first-order chi connectivity index (χ1) is 12.0. The third kappa shape index (κ3) is 7.11. The van der Waals surface area contributed by atoms with E-state index >= 15 is 0 Å². The minimum atomic E-state index is 0. The SMILES string of the molecule is CCc1cnc(CNC(=NC)NCc2ccc(C)cc2OC(C)C)s1.I. The van der Waals surface area contributed by atoms with E-state index in [0.29, 0.717) is 13.1 Å². The molecule has 0 saturated heterocycles. The molecule has 7 heteroatoms. The normalized spacial score (nSPS) is 11.2. The van der Waals surface area contributed by atoms with Crippen molar-refractivity contribution >= 4 is 41.3 Å². The zero-order valence-electron chi connectivity index (χ0n) is 16.1. The second-order valence-corrected chi connectivity index (χ2v) is 7.33. The molecule has 5 nitrogen and oxygen atoms in total. The Kier molecular flexibility index (Phi) is 9.93. The van der Waals surface area contributed by atoms with E-state index in [4.69, 9.17) is 4.74 Å². The summed E-state index contributed by atoms with van der Waals surface area (Å²) in [6, 6.07) is 6.28. The lowest BCUT2D eigenvalue weighted by molar-refractivity contribution is 0.239. The summed E-state index contributed by atoms with van der Waals surface area (Å²) in [5, 5.41) is 7.73. The standard InChI is InChI=1S/C19H28N4OS.HI/c1-6-16-11-21-18(25-16)12-23-19(20-5)22-10-15-8-7-14(4)9-17(15)24-13(2)3;/h7-9,11,13H,6,10,12H2,1-5H3,(H2,20,22,23);1H. The van der Waals surface area contributed by atoms with Crippen LogP contribution in [0.25, 0.3) is 0 Å². The highest BCUT2D eigenvalue weighted by molar-refractivity contribution is 14.0. The molecule has 0 radical (unpaired) electrons. The molecule has 1 aromatic carbocycles. The fourth-order valence-corrected chi connectivity index (χ4v) is 3.13. The first-order valence-corrected chi connectivity index (χ1v) is 9.47. The van der Waals surface area contributed by atoms with E-state index in [1.807, 2.05) is 20.0 Å². The summed E-state index contributed by atoms with van der Waals surface area (Å²) < 4.78 is 5.93. The van der Waals surface area contributed by atoms with Crippen LogP contribution >= 0.6 is 35.3 Å². The van der Waals surface area contributed by atoms with Crippen LogP contribution in [0.15, 0.2) is 29.4 Å². The van der Waals surface area contributed by atoms with Crippen LogP contribution in [0.5, 0.6) is 5.75 Å². The number of hydrogen-bond donors (Lipinski definition) is 2. The van der Waals surface area contributed by atoms with E-state index in [-0.39, 0.29) is 30.1 Å². The van der Waals surface area contributed by atoms with Gasteiger partial charge in [0.15, 0.2) is 5.96 Å². The van der Waals surface area contributed by atoms with Crippen molar-refractivity contribution in [1.29, 1.82) is 0 Å². The van der Waals surface area contributed by atoms with E-state index < -0.39 is 0 Å². The van der Waals surface area contributed by atoms with Gasteiger partial charge in [0.2, 0.25) is 0 Å². The molecule has 144 valence electrons. The molecule has 1 aromatic heterocycles. The Bertz CT molecular complexity index is 715. The highest BCUT2D eigenvalue weighted by atomic mass is 127. The molecule has 2 aromatic rings. The molecular formula is C19H29IN4OS. The maximum atomic E-state index is 5.93. The van der Waals surface area contributed by atoms with Gasteiger partial charge in [0.25, 0.3) is 0 Å². The fourth-order valence-electron chi connectivity index (χ4n) is 2.32. The number of aryl methyl sites for hydroxylation is 2. The van der Waals surface area contributed by atoms with Crippen molar-refractivity contribution in [2.45, 2.75) is 53.3 Å². The topological polar surface area (TPSA) is 58.5 Å². The fraction of sp³-hybridized carbons (Fsp3) is 0.474. The Morgan fingerprint density at radius 2 is 2.00 bits per heavy atom. The number of aromatic nitrogens is 1. The van der Waals surface area contributed by atoms with Gasteiger partial charge in [-0.05, 0) is 38.8 Å². The molecule has 0 aliphatic rings. The van der Waals surface area contributed by atoms with E-state index in [1.54, 1.807) is 18.4 Å². The number of aliphatic imine (C=N–C) groups is 1. The molecule has 26 heavy (non-hydrogen) atoms. The molecule has 0 spiro atoms. The Hall–Kier alpha value is -1.35. The van der Waals surface area contributed by atoms with E-state index in [2.05, 4.69) is 52.7 Å². The molecule has 0 saturated carbocycles. The van der Waals surface area contributed by atoms with Gasteiger partial charge in [-0.2, -0.15) is 0 Å². The summed E-state index contributed by atoms with van der Waals surface area (Å²) in [6.07, 6.45) is 3.12. The molecule has 1 heterocycles. The van der Waals surface area contributed by atoms with Crippen LogP contribution < -0.4 is 15.4 Å². The van der Waals surface area contributed by atoms with Crippen molar-refractivity contribution in [3.8, 4) is 5.75 Å². The number of nitrogens with zero attached hydrogens (tertiary/aromatic N) is 2. The lowest BCUT2D eigenvalue weighted by Crippen LogP contribution is -2.36. The van der Waals surface area contributed by atoms with E-state index in [9.17, 15) is 0 Å². The summed E-state index contributed by atoms with van der Waals surface area (Å²) >= 11 is 1.73. The van der Waals surface area contributed by atoms with Crippen molar-refractivity contribution in [3.63, 3.8) is 0 Å². The first-order valence-electron chi connectivity index (χ1n) is 8.66. The molecule has 0 bridgehead atoms. The van der Waals surface area contributed by atoms with Gasteiger partial charge in [-0.3, -0.25) is 4.99 Å². The number of ether oxygens (including phenoxy) is 1. The number of guanidine groups is 1. The quantitative estimate of drug-likeness (QED) is 0.347. The van der Waals surface area contributed by atoms with Crippen molar-refractivity contribution in [1.82, 2.24) is 15.6 Å². The van der Waals surface area contributed by atoms with E-state index in [1.165, 1.54) is 10.4 Å². The molecule has 2 N–H and O–H groups in total. The van der Waals surface area contributed by atoms with Crippen molar-refractivity contribution in [2.24, 2.45) is 4.99 Å². The zero-order valence-corrected chi connectivity index (χ0v) is 19.3. The Balaban J connectivity index is 0.00000338. The summed E-state index contributed by atoms with van der Waals surface area (Å²) in [4.78, 5) is 10.0. The first kappa shape index (κ1) is 22.7. The molecule has 0 aliphatic heterocycles. The lowest BCUT2D eigenvalue weighted by atomic mass is 10.1. The van der Waals surface area contributed by atoms with Crippen LogP contribution in [0, 0.1) is 6.92 Å². The van der Waals surface area contributed by atoms with Crippen LogP contribution in [0.4, 0.5) is 0 Å². The average molecular weight is 488 g/mol.